The van der Waals surface area contributed by atoms with E-state index in [4.69, 9.17) is 12.5 Å². The summed E-state index contributed by atoms with van der Waals surface area (Å²) in [6.07, 6.45) is 0.916. The molecule has 1 aromatic rings. The van der Waals surface area contributed by atoms with E-state index in [1.54, 1.807) is 6.07 Å². The zero-order valence-corrected chi connectivity index (χ0v) is 23.4. The van der Waals surface area contributed by atoms with Gasteiger partial charge in [0.2, 0.25) is 0 Å². The fraction of sp³-hybridized carbons (Fsp3) is 0.765. The van der Waals surface area contributed by atoms with Gasteiger partial charge in [0.05, 0.1) is 12.3 Å². The molecule has 0 fully saturated rings. The molecule has 0 aliphatic heterocycles. The van der Waals surface area contributed by atoms with Crippen LogP contribution < -0.4 is 5.44 Å². The molecule has 0 bridgehead atoms. The highest BCUT2D eigenvalue weighted by molar-refractivity contribution is 8.89. The van der Waals surface area contributed by atoms with E-state index < -0.39 is 13.4 Å². The third-order valence-corrected chi connectivity index (χ3v) is 14.5. The average molecular weight is 535 g/mol. The predicted octanol–water partition coefficient (Wildman–Crippen LogP) is 7.31. The third kappa shape index (κ3) is 9.75. The summed E-state index contributed by atoms with van der Waals surface area (Å²) in [5.41, 5.74) is 0.854. The van der Waals surface area contributed by atoms with E-state index in [0.29, 0.717) is 35.4 Å². The normalized spacial score (nSPS) is 14.2. The first-order valence-corrected chi connectivity index (χ1v) is 18.0. The summed E-state index contributed by atoms with van der Waals surface area (Å²) in [7, 11) is -3.63. The lowest BCUT2D eigenvalue weighted by atomic mass is 10.2. The summed E-state index contributed by atoms with van der Waals surface area (Å²) in [5.74, 6) is 0.0349. The topological polar surface area (TPSA) is 87.6 Å². The van der Waals surface area contributed by atoms with Gasteiger partial charge >= 0.3 is 13.4 Å². The second kappa shape index (κ2) is 14.9. The van der Waals surface area contributed by atoms with Crippen molar-refractivity contribution in [1.82, 2.24) is 9.97 Å². The minimum Gasteiger partial charge on any atom is -0.314 e. The van der Waals surface area contributed by atoms with Crippen molar-refractivity contribution in [3.05, 3.63) is 17.6 Å². The number of hydrogen-bond donors (Lipinski definition) is 0. The van der Waals surface area contributed by atoms with Crippen molar-refractivity contribution >= 4 is 65.7 Å². The van der Waals surface area contributed by atoms with Crippen molar-refractivity contribution in [1.29, 1.82) is 0 Å². The number of rotatable bonds is 16. The largest absolute Gasteiger partial charge is 0.401 e. The molecule has 13 heteroatoms. The van der Waals surface area contributed by atoms with E-state index in [1.807, 2.05) is 41.5 Å². The van der Waals surface area contributed by atoms with Crippen LogP contribution in [-0.4, -0.2) is 33.8 Å². The van der Waals surface area contributed by atoms with Crippen LogP contribution in [0.15, 0.2) is 6.07 Å². The highest BCUT2D eigenvalue weighted by Gasteiger charge is 2.33. The fourth-order valence-electron chi connectivity index (χ4n) is 1.93. The predicted molar refractivity (Wildman–Crippen MR) is 135 cm³/mol. The van der Waals surface area contributed by atoms with Gasteiger partial charge in [0, 0.05) is 53.0 Å². The lowest BCUT2D eigenvalue weighted by Gasteiger charge is -2.18. The van der Waals surface area contributed by atoms with Gasteiger partial charge in [0.25, 0.3) is 0 Å². The van der Waals surface area contributed by atoms with Gasteiger partial charge in [-0.25, -0.2) is 17.9 Å². The summed E-state index contributed by atoms with van der Waals surface area (Å²) in [6, 6.07) is 1.63. The molecule has 1 heterocycles. The van der Waals surface area contributed by atoms with Gasteiger partial charge in [-0.3, -0.25) is 9.13 Å². The van der Waals surface area contributed by atoms with Gasteiger partial charge in [-0.1, -0.05) is 57.4 Å². The zero-order valence-electron chi connectivity index (χ0n) is 18.4. The Morgan fingerprint density at radius 2 is 1.63 bits per heavy atom. The number of nitrogens with zero attached hydrogens (tertiary/aromatic N) is 2. The maximum absolute atomic E-state index is 13.4. The quantitative estimate of drug-likeness (QED) is 0.158. The van der Waals surface area contributed by atoms with E-state index in [2.05, 4.69) is 9.97 Å². The summed E-state index contributed by atoms with van der Waals surface area (Å²) < 4.78 is 43.2. The Labute approximate surface area is 197 Å². The van der Waals surface area contributed by atoms with Crippen LogP contribution in [0.3, 0.4) is 0 Å². The molecule has 1 rings (SSSR count). The van der Waals surface area contributed by atoms with E-state index in [9.17, 15) is 9.13 Å². The molecule has 0 saturated carbocycles. The van der Waals surface area contributed by atoms with Gasteiger partial charge in [0.15, 0.2) is 5.44 Å². The SMILES string of the molecule is CCCSP(=O)(OCC)SCc1cc(P(=O)(OSCC)OSCC)nc(C(C)C)n1. The molecule has 174 valence electrons. The molecule has 1 aromatic heterocycles. The molecule has 0 N–H and O–H groups in total. The molecule has 0 amide bonds. The van der Waals surface area contributed by atoms with Gasteiger partial charge in [-0.2, -0.15) is 0 Å². The van der Waals surface area contributed by atoms with Gasteiger partial charge in [0.1, 0.15) is 5.82 Å². The molecule has 0 aliphatic carbocycles. The summed E-state index contributed by atoms with van der Waals surface area (Å²) in [6.45, 7) is 12.0. The second-order valence-corrected chi connectivity index (χ2v) is 17.9. The Morgan fingerprint density at radius 3 is 2.13 bits per heavy atom. The van der Waals surface area contributed by atoms with Crippen molar-refractivity contribution in [3.63, 3.8) is 0 Å². The Kier molecular flexibility index (Phi) is 14.3. The summed E-state index contributed by atoms with van der Waals surface area (Å²) >= 11 is 4.75. The molecule has 30 heavy (non-hydrogen) atoms. The highest BCUT2D eigenvalue weighted by atomic mass is 33.1. The molecule has 0 saturated heterocycles. The van der Waals surface area contributed by atoms with E-state index in [0.717, 1.165) is 36.3 Å². The second-order valence-electron chi connectivity index (χ2n) is 6.16. The smallest absolute Gasteiger partial charge is 0.314 e. The molecule has 1 atom stereocenters. The Bertz CT molecular complexity index is 730. The van der Waals surface area contributed by atoms with Crippen molar-refractivity contribution in [2.24, 2.45) is 0 Å². The lowest BCUT2D eigenvalue weighted by Crippen LogP contribution is -2.17. The fourth-order valence-corrected chi connectivity index (χ4v) is 11.9. The van der Waals surface area contributed by atoms with Crippen molar-refractivity contribution in [3.8, 4) is 0 Å². The number of hydrogen-bond acceptors (Lipinski definition) is 11. The van der Waals surface area contributed by atoms with Crippen LogP contribution in [-0.2, 0) is 27.3 Å². The first-order valence-electron chi connectivity index (χ1n) is 9.88. The first-order chi connectivity index (χ1) is 14.2. The van der Waals surface area contributed by atoms with Gasteiger partial charge in [-0.05, 0) is 19.4 Å². The third-order valence-electron chi connectivity index (χ3n) is 3.23. The van der Waals surface area contributed by atoms with E-state index in [1.165, 1.54) is 22.8 Å². The standard InChI is InChI=1S/C17H32N2O5P2S4/c1-7-11-29-26(21,22-8-2)30-13-15-12-16(19-17(18-15)14(5)6)25(20,23-27-9-3)24-28-10-4/h12,14H,7-11,13H2,1-6H3. The molecular formula is C17H32N2O5P2S4. The van der Waals surface area contributed by atoms with Crippen LogP contribution in [0.1, 0.15) is 65.4 Å². The minimum absolute atomic E-state index is 0.0213. The van der Waals surface area contributed by atoms with Crippen LogP contribution in [0.4, 0.5) is 0 Å². The Balaban J connectivity index is 3.22. The minimum atomic E-state index is -3.63. The molecule has 0 aromatic carbocycles. The molecule has 0 aliphatic rings. The molecule has 7 nitrogen and oxygen atoms in total. The van der Waals surface area contributed by atoms with Crippen molar-refractivity contribution in [2.75, 3.05) is 23.9 Å². The molecular weight excluding hydrogens is 502 g/mol. The average Bonchev–Trinajstić information content (AvgIpc) is 2.73. The lowest BCUT2D eigenvalue weighted by molar-refractivity contribution is 0.357. The van der Waals surface area contributed by atoms with Crippen LogP contribution in [0.25, 0.3) is 0 Å². The van der Waals surface area contributed by atoms with Crippen LogP contribution >= 0.6 is 60.2 Å². The summed E-state index contributed by atoms with van der Waals surface area (Å²) in [4.78, 5) is 9.06. The van der Waals surface area contributed by atoms with Crippen molar-refractivity contribution in [2.45, 2.75) is 59.6 Å². The van der Waals surface area contributed by atoms with Crippen molar-refractivity contribution < 1.29 is 21.6 Å². The van der Waals surface area contributed by atoms with E-state index in [-0.39, 0.29) is 11.4 Å². The van der Waals surface area contributed by atoms with Gasteiger partial charge < -0.3 is 4.52 Å². The van der Waals surface area contributed by atoms with Crippen LogP contribution in [0.5, 0.6) is 0 Å². The molecule has 1 unspecified atom stereocenters. The van der Waals surface area contributed by atoms with Crippen LogP contribution in [0.2, 0.25) is 0 Å². The number of aromatic nitrogens is 2. The maximum atomic E-state index is 13.4. The monoisotopic (exact) mass is 534 g/mol. The highest BCUT2D eigenvalue weighted by Crippen LogP contribution is 2.70. The van der Waals surface area contributed by atoms with Gasteiger partial charge in [-0.15, -0.1) is 0 Å². The Hall–Kier alpha value is 0.820. The van der Waals surface area contributed by atoms with Crippen LogP contribution in [0, 0.1) is 0 Å². The first kappa shape index (κ1) is 28.9. The van der Waals surface area contributed by atoms with E-state index >= 15 is 0 Å². The Morgan fingerprint density at radius 1 is 1.00 bits per heavy atom. The molecule has 0 spiro atoms. The summed E-state index contributed by atoms with van der Waals surface area (Å²) in [5, 5.41) is 0. The molecule has 0 radical (unpaired) electrons. The zero-order chi connectivity index (χ0) is 22.6. The maximum Gasteiger partial charge on any atom is 0.401 e.